The molecule has 0 aliphatic heterocycles. The van der Waals surface area contributed by atoms with Crippen molar-refractivity contribution >= 4 is 0 Å². The summed E-state index contributed by atoms with van der Waals surface area (Å²) in [6.07, 6.45) is 12.8. The zero-order valence-electron chi connectivity index (χ0n) is 62.1. The molecular weight excluding hydrogens is 1900 g/mol. The Kier molecular flexibility index (Phi) is 31.2. The van der Waals surface area contributed by atoms with E-state index in [9.17, 15) is 0 Å². The monoisotopic (exact) mass is 1980 g/mol. The maximum Gasteiger partial charge on any atom is 0.0600 e. The van der Waals surface area contributed by atoms with E-state index in [-0.39, 0.29) is 60.3 Å². The first kappa shape index (κ1) is 82.2. The molecule has 0 aliphatic rings. The molecule has 6 heterocycles. The maximum absolute atomic E-state index is 4.55. The van der Waals surface area contributed by atoms with Gasteiger partial charge in [0.05, 0.1) is 5.69 Å². The summed E-state index contributed by atoms with van der Waals surface area (Å²) in [6, 6.07) is 138. The third kappa shape index (κ3) is 22.9. The minimum Gasteiger partial charge on any atom is -0.305 e. The summed E-state index contributed by atoms with van der Waals surface area (Å²) in [6.45, 7) is 8.43. The molecule has 0 atom stereocenters. The van der Waals surface area contributed by atoms with E-state index in [1.165, 1.54) is 72.3 Å². The van der Waals surface area contributed by atoms with Crippen molar-refractivity contribution in [2.75, 3.05) is 0 Å². The van der Waals surface area contributed by atoms with Gasteiger partial charge in [-0.3, -0.25) is 14.0 Å². The second-order valence-electron chi connectivity index (χ2n) is 25.3. The maximum atomic E-state index is 4.55. The van der Waals surface area contributed by atoms with Gasteiger partial charge in [0.2, 0.25) is 0 Å². The third-order valence-corrected chi connectivity index (χ3v) is 17.6. The van der Waals surface area contributed by atoms with Crippen LogP contribution in [0.1, 0.15) is 22.5 Å². The van der Waals surface area contributed by atoms with Gasteiger partial charge in [-0.05, 0) is 159 Å². The molecule has 0 N–H and O–H groups in total. The summed E-state index contributed by atoms with van der Waals surface area (Å²) in [5.74, 6) is 0. The second-order valence-corrected chi connectivity index (χ2v) is 25.3. The van der Waals surface area contributed by atoms with E-state index in [1.807, 2.05) is 203 Å². The first-order valence-electron chi connectivity index (χ1n) is 35.9. The van der Waals surface area contributed by atoms with E-state index >= 15 is 0 Å². The summed E-state index contributed by atoms with van der Waals surface area (Å²) >= 11 is 0. The van der Waals surface area contributed by atoms with Crippen molar-refractivity contribution < 1.29 is 60.3 Å². The number of hydrogen-bond donors (Lipinski definition) is 0. The van der Waals surface area contributed by atoms with Crippen LogP contribution in [0.5, 0.6) is 0 Å². The van der Waals surface area contributed by atoms with Crippen LogP contribution >= 0.6 is 0 Å². The summed E-state index contributed by atoms with van der Waals surface area (Å²) in [5, 5.41) is 13.1. The van der Waals surface area contributed by atoms with Crippen molar-refractivity contribution in [3.63, 3.8) is 0 Å². The number of benzene rings is 12. The Bertz CT molecular complexity index is 5400. The van der Waals surface area contributed by atoms with Crippen molar-refractivity contribution in [3.8, 4) is 118 Å². The predicted octanol–water partition coefficient (Wildman–Crippen LogP) is 23.9. The van der Waals surface area contributed by atoms with Crippen molar-refractivity contribution in [1.82, 2.24) is 44.3 Å². The molecule has 555 valence electrons. The number of rotatable bonds is 12. The Morgan fingerprint density at radius 3 is 0.920 bits per heavy atom. The van der Waals surface area contributed by atoms with Crippen LogP contribution in [0.25, 0.3) is 118 Å². The normalized spacial score (nSPS) is 10.1. The average Bonchev–Trinajstić information content (AvgIpc) is 0.876. The van der Waals surface area contributed by atoms with Gasteiger partial charge in [-0.25, -0.2) is 0 Å². The molecule has 0 saturated carbocycles. The molecule has 0 saturated heterocycles. The van der Waals surface area contributed by atoms with Gasteiger partial charge in [0, 0.05) is 109 Å². The molecule has 0 amide bonds. The third-order valence-electron chi connectivity index (χ3n) is 17.6. The molecule has 18 aromatic rings. The molecule has 6 aromatic heterocycles. The van der Waals surface area contributed by atoms with E-state index in [0.717, 1.165) is 67.8 Å². The van der Waals surface area contributed by atoms with Crippen LogP contribution in [0.2, 0.25) is 0 Å². The topological polar surface area (TPSA) is 92.1 Å². The van der Waals surface area contributed by atoms with Crippen LogP contribution in [0.15, 0.2) is 395 Å². The van der Waals surface area contributed by atoms with Crippen molar-refractivity contribution in [2.24, 2.45) is 0 Å². The minimum atomic E-state index is 0. The van der Waals surface area contributed by atoms with Crippen LogP contribution in [-0.2, 0) is 60.3 Å². The molecule has 112 heavy (non-hydrogen) atoms. The molecule has 9 nitrogen and oxygen atoms in total. The van der Waals surface area contributed by atoms with Gasteiger partial charge in [0.25, 0.3) is 0 Å². The van der Waals surface area contributed by atoms with Gasteiger partial charge in [-0.2, -0.15) is 69.9 Å². The van der Waals surface area contributed by atoms with E-state index < -0.39 is 0 Å². The summed E-state index contributed by atoms with van der Waals surface area (Å²) in [5.41, 5.74) is 28.2. The van der Waals surface area contributed by atoms with E-state index in [1.54, 1.807) is 31.0 Å². The number of aromatic nitrogens is 9. The molecule has 3 radical (unpaired) electrons. The second kappa shape index (κ2) is 42.6. The quantitative estimate of drug-likeness (QED) is 0.113. The first-order valence-corrected chi connectivity index (χ1v) is 35.9. The zero-order valence-corrected chi connectivity index (χ0v) is 69.2. The molecule has 12 heteroatoms. The number of aryl methyl sites for hydroxylation is 4. The molecule has 12 aromatic carbocycles. The molecule has 0 fully saturated rings. The van der Waals surface area contributed by atoms with Crippen molar-refractivity contribution in [1.29, 1.82) is 0 Å². The molecule has 0 bridgehead atoms. The predicted molar refractivity (Wildman–Crippen MR) is 444 cm³/mol. The average molecular weight is 1980 g/mol. The van der Waals surface area contributed by atoms with Gasteiger partial charge in [0.15, 0.2) is 0 Å². The Morgan fingerprint density at radius 1 is 0.250 bits per heavy atom. The Morgan fingerprint density at radius 2 is 0.580 bits per heavy atom. The SMILES string of the molecule is Cc1cc(-c2ccccc2)cc(C)c1-c1cc[c-]c(-n2cccn2)c1.Cc1cc(C)n(-c2[c-]ccc(-c3ccc(-c4ccccc4)cc3)c2)n1.[Ir].[Ir].[Ir].[c-]1ccc(-c2ccc(-c3ccccc3)cc2)cc1-n1cccn1.[c-]1ccccc1-c1ccccn1.[c-]1ccccc1-c1ccccn1.[c-]1ccccc1-c1ccccn1. The van der Waals surface area contributed by atoms with Gasteiger partial charge in [-0.1, -0.05) is 188 Å². The van der Waals surface area contributed by atoms with Crippen LogP contribution in [0.4, 0.5) is 0 Å². The van der Waals surface area contributed by atoms with E-state index in [2.05, 4.69) is 269 Å². The standard InChI is InChI=1S/2C23H19N2.C21H15N2.3C11H8N.3Ir/c1-17-14-21(19-8-4-3-5-9-19)15-18(2)23(17)20-10-6-11-22(16-20)25-13-7-12-24-25;1-17-15-18(2)25(24-17)23-10-6-9-22(16-23)21-13-11-20(12-14-21)19-7-4-3-5-8-19;1-2-6-17(7-3-1)18-10-12-19(13-11-18)20-8-4-9-21(16-20)23-15-5-14-22-23;3*1-2-6-10(7-3-1)11-8-4-5-9-12-11;;;/h3-10,12-16H,1-2H3;3-9,11-16H,1-2H3;1-8,10-16H;3*1-6,8-9H;;;/q6*-1;;;. The van der Waals surface area contributed by atoms with Crippen molar-refractivity contribution in [2.45, 2.75) is 27.7 Å². The molecular formula is C100H77Ir3N9-6. The van der Waals surface area contributed by atoms with E-state index in [4.69, 9.17) is 0 Å². The number of nitrogens with zero attached hydrogens (tertiary/aromatic N) is 9. The van der Waals surface area contributed by atoms with E-state index in [0.29, 0.717) is 0 Å². The summed E-state index contributed by atoms with van der Waals surface area (Å²) in [4.78, 5) is 12.7. The fraction of sp³-hybridized carbons (Fsp3) is 0.0400. The molecule has 0 spiro atoms. The van der Waals surface area contributed by atoms with Gasteiger partial charge in [-0.15, -0.1) is 143 Å². The van der Waals surface area contributed by atoms with Gasteiger partial charge >= 0.3 is 0 Å². The first-order chi connectivity index (χ1) is 53.7. The Labute approximate surface area is 698 Å². The Hall–Kier alpha value is -12.3. The summed E-state index contributed by atoms with van der Waals surface area (Å²) in [7, 11) is 0. The fourth-order valence-corrected chi connectivity index (χ4v) is 12.4. The molecule has 0 unspecified atom stereocenters. The zero-order chi connectivity index (χ0) is 74.6. The molecule has 18 rings (SSSR count). The van der Waals surface area contributed by atoms with Crippen molar-refractivity contribution in [3.05, 3.63) is 454 Å². The number of pyridine rings is 3. The van der Waals surface area contributed by atoms with Gasteiger partial charge < -0.3 is 15.0 Å². The molecule has 0 aliphatic carbocycles. The fourth-order valence-electron chi connectivity index (χ4n) is 12.4. The van der Waals surface area contributed by atoms with Crippen LogP contribution in [0, 0.1) is 64.1 Å². The smallest absolute Gasteiger partial charge is 0.0600 e. The minimum absolute atomic E-state index is 0. The summed E-state index contributed by atoms with van der Waals surface area (Å²) < 4.78 is 5.60. The van der Waals surface area contributed by atoms with Crippen LogP contribution < -0.4 is 0 Å². The van der Waals surface area contributed by atoms with Crippen LogP contribution in [0.3, 0.4) is 0 Å². The van der Waals surface area contributed by atoms with Gasteiger partial charge in [0.1, 0.15) is 0 Å². The number of hydrogen-bond acceptors (Lipinski definition) is 6. The Balaban J connectivity index is 0.000000146. The largest absolute Gasteiger partial charge is 0.305 e. The van der Waals surface area contributed by atoms with Crippen LogP contribution in [-0.4, -0.2) is 44.3 Å².